The summed E-state index contributed by atoms with van der Waals surface area (Å²) in [6.45, 7) is 0. The molecule has 0 atom stereocenters. The average Bonchev–Trinajstić information content (AvgIpc) is 3.22. The zero-order valence-corrected chi connectivity index (χ0v) is 17.8. The molecule has 0 unspecified atom stereocenters. The summed E-state index contributed by atoms with van der Waals surface area (Å²) in [7, 11) is 0. The maximum absolute atomic E-state index is 6.21. The Hall–Kier alpha value is -4.36. The van der Waals surface area contributed by atoms with Gasteiger partial charge in [0.2, 0.25) is 0 Å². The van der Waals surface area contributed by atoms with E-state index in [1.807, 2.05) is 0 Å². The molecule has 0 aliphatic rings. The first kappa shape index (κ1) is 17.2. The predicted octanol–water partition coefficient (Wildman–Crippen LogP) is 9.30. The van der Waals surface area contributed by atoms with Gasteiger partial charge in [-0.1, -0.05) is 72.8 Å². The predicted molar refractivity (Wildman–Crippen MR) is 140 cm³/mol. The minimum Gasteiger partial charge on any atom is -0.456 e. The number of hydrogen-bond donors (Lipinski definition) is 0. The second-order valence-electron chi connectivity index (χ2n) is 9.02. The molecular weight excluding hydrogens is 400 g/mol. The molecule has 0 spiro atoms. The first-order valence-electron chi connectivity index (χ1n) is 11.3. The molecule has 0 N–H and O–H groups in total. The Morgan fingerprint density at radius 2 is 0.970 bits per heavy atom. The maximum atomic E-state index is 6.21. The second kappa shape index (κ2) is 6.11. The molecule has 0 saturated heterocycles. The van der Waals surface area contributed by atoms with E-state index >= 15 is 0 Å². The monoisotopic (exact) mass is 418 g/mol. The zero-order chi connectivity index (χ0) is 21.5. The lowest BCUT2D eigenvalue weighted by Gasteiger charge is -2.12. The summed E-state index contributed by atoms with van der Waals surface area (Å²) in [5, 5.41) is 12.7. The number of rotatable bonds is 1. The highest BCUT2D eigenvalue weighted by Gasteiger charge is 2.13. The van der Waals surface area contributed by atoms with Crippen molar-refractivity contribution in [2.45, 2.75) is 0 Å². The molecule has 7 aromatic carbocycles. The van der Waals surface area contributed by atoms with Crippen LogP contribution < -0.4 is 0 Å². The normalized spacial score (nSPS) is 12.2. The fraction of sp³-hybridized carbons (Fsp3) is 0. The molecule has 0 fully saturated rings. The lowest BCUT2D eigenvalue weighted by atomic mass is 9.91. The summed E-state index contributed by atoms with van der Waals surface area (Å²) in [5.74, 6) is 0. The van der Waals surface area contributed by atoms with Crippen LogP contribution in [0.5, 0.6) is 0 Å². The molecule has 1 heteroatoms. The van der Waals surface area contributed by atoms with Gasteiger partial charge >= 0.3 is 0 Å². The van der Waals surface area contributed by atoms with Gasteiger partial charge < -0.3 is 4.42 Å². The van der Waals surface area contributed by atoms with Crippen molar-refractivity contribution in [1.82, 2.24) is 0 Å². The van der Waals surface area contributed by atoms with Crippen LogP contribution in [0.3, 0.4) is 0 Å². The number of fused-ring (bicyclic) bond motifs is 4. The Balaban J connectivity index is 1.40. The molecule has 0 saturated carbocycles. The van der Waals surface area contributed by atoms with E-state index in [9.17, 15) is 0 Å². The molecule has 33 heavy (non-hydrogen) atoms. The first-order chi connectivity index (χ1) is 16.3. The van der Waals surface area contributed by atoms with Crippen molar-refractivity contribution < 1.29 is 4.42 Å². The Bertz CT molecular complexity index is 1960. The Kier molecular flexibility index (Phi) is 3.19. The molecule has 1 nitrogen and oxygen atoms in total. The van der Waals surface area contributed by atoms with Crippen LogP contribution in [0.2, 0.25) is 0 Å². The molecule has 0 amide bonds. The van der Waals surface area contributed by atoms with Gasteiger partial charge in [-0.2, -0.15) is 0 Å². The summed E-state index contributed by atoms with van der Waals surface area (Å²) < 4.78 is 6.21. The van der Waals surface area contributed by atoms with Crippen molar-refractivity contribution in [3.05, 3.63) is 109 Å². The van der Waals surface area contributed by atoms with Gasteiger partial charge in [-0.15, -0.1) is 0 Å². The van der Waals surface area contributed by atoms with Gasteiger partial charge in [0.05, 0.1) is 0 Å². The topological polar surface area (TPSA) is 13.1 Å². The van der Waals surface area contributed by atoms with Crippen LogP contribution in [-0.4, -0.2) is 0 Å². The Labute approximate surface area is 189 Å². The Morgan fingerprint density at radius 3 is 1.73 bits per heavy atom. The fourth-order valence-corrected chi connectivity index (χ4v) is 5.56. The summed E-state index contributed by atoms with van der Waals surface area (Å²) >= 11 is 0. The van der Waals surface area contributed by atoms with E-state index in [-0.39, 0.29) is 0 Å². The van der Waals surface area contributed by atoms with Gasteiger partial charge in [-0.05, 0) is 90.6 Å². The van der Waals surface area contributed by atoms with E-state index in [4.69, 9.17) is 4.42 Å². The number of furan rings is 1. The third-order valence-corrected chi connectivity index (χ3v) is 7.13. The molecule has 0 aliphatic carbocycles. The SMILES string of the molecule is c1ccc2cc3c(cc2c1)oc1ccc(-c2cc4ccc5cccc6ccc(c2)c4c56)cc13. The van der Waals surface area contributed by atoms with E-state index < -0.39 is 0 Å². The van der Waals surface area contributed by atoms with Crippen LogP contribution in [-0.2, 0) is 0 Å². The lowest BCUT2D eigenvalue weighted by molar-refractivity contribution is 0.669. The quantitative estimate of drug-likeness (QED) is 0.242. The summed E-state index contributed by atoms with van der Waals surface area (Å²) in [5.41, 5.74) is 4.32. The molecule has 0 aliphatic heterocycles. The summed E-state index contributed by atoms with van der Waals surface area (Å²) in [6.07, 6.45) is 0. The van der Waals surface area contributed by atoms with Crippen LogP contribution in [0.1, 0.15) is 0 Å². The van der Waals surface area contributed by atoms with Crippen LogP contribution in [0.15, 0.2) is 114 Å². The van der Waals surface area contributed by atoms with E-state index in [1.165, 1.54) is 65.0 Å². The van der Waals surface area contributed by atoms with Gasteiger partial charge in [-0.25, -0.2) is 0 Å². The number of hydrogen-bond acceptors (Lipinski definition) is 1. The van der Waals surface area contributed by atoms with Crippen molar-refractivity contribution >= 4 is 65.0 Å². The molecule has 1 aromatic heterocycles. The zero-order valence-electron chi connectivity index (χ0n) is 17.8. The van der Waals surface area contributed by atoms with Gasteiger partial charge in [0.1, 0.15) is 11.2 Å². The van der Waals surface area contributed by atoms with Crippen molar-refractivity contribution in [1.29, 1.82) is 0 Å². The largest absolute Gasteiger partial charge is 0.456 e. The van der Waals surface area contributed by atoms with Crippen LogP contribution in [0.25, 0.3) is 76.2 Å². The van der Waals surface area contributed by atoms with E-state index in [0.29, 0.717) is 0 Å². The lowest BCUT2D eigenvalue weighted by Crippen LogP contribution is -1.85. The number of benzene rings is 7. The smallest absolute Gasteiger partial charge is 0.136 e. The minimum absolute atomic E-state index is 0.932. The van der Waals surface area contributed by atoms with E-state index in [1.54, 1.807) is 0 Å². The van der Waals surface area contributed by atoms with Crippen molar-refractivity contribution in [3.8, 4) is 11.1 Å². The molecule has 152 valence electrons. The standard InChI is InChI=1S/C32H18O/c1-2-5-22-18-30-28(16-21(22)4-1)27-17-23(12-13-29(27)33-30)26-14-24-10-8-19-6-3-7-20-9-11-25(15-26)32(24)31(19)20/h1-18H. The third kappa shape index (κ3) is 2.37. The Morgan fingerprint density at radius 1 is 0.364 bits per heavy atom. The van der Waals surface area contributed by atoms with Crippen LogP contribution in [0, 0.1) is 0 Å². The van der Waals surface area contributed by atoms with Gasteiger partial charge in [0.15, 0.2) is 0 Å². The highest BCUT2D eigenvalue weighted by Crippen LogP contribution is 2.39. The van der Waals surface area contributed by atoms with Crippen molar-refractivity contribution in [2.24, 2.45) is 0 Å². The van der Waals surface area contributed by atoms with E-state index in [0.717, 1.165) is 11.2 Å². The summed E-state index contributed by atoms with van der Waals surface area (Å²) in [6, 6.07) is 39.6. The fourth-order valence-electron chi connectivity index (χ4n) is 5.56. The van der Waals surface area contributed by atoms with Gasteiger partial charge in [0.25, 0.3) is 0 Å². The molecule has 8 rings (SSSR count). The van der Waals surface area contributed by atoms with Crippen LogP contribution in [0.4, 0.5) is 0 Å². The first-order valence-corrected chi connectivity index (χ1v) is 11.3. The molecule has 8 aromatic rings. The summed E-state index contributed by atoms with van der Waals surface area (Å²) in [4.78, 5) is 0. The molecule has 0 radical (unpaired) electrons. The maximum Gasteiger partial charge on any atom is 0.136 e. The van der Waals surface area contributed by atoms with Crippen molar-refractivity contribution in [3.63, 3.8) is 0 Å². The van der Waals surface area contributed by atoms with E-state index in [2.05, 4.69) is 109 Å². The highest BCUT2D eigenvalue weighted by atomic mass is 16.3. The minimum atomic E-state index is 0.932. The van der Waals surface area contributed by atoms with Crippen LogP contribution >= 0.6 is 0 Å². The second-order valence-corrected chi connectivity index (χ2v) is 9.02. The third-order valence-electron chi connectivity index (χ3n) is 7.13. The molecule has 1 heterocycles. The molecule has 0 bridgehead atoms. The highest BCUT2D eigenvalue weighted by molar-refractivity contribution is 6.23. The van der Waals surface area contributed by atoms with Crippen molar-refractivity contribution in [2.75, 3.05) is 0 Å². The van der Waals surface area contributed by atoms with Gasteiger partial charge in [0, 0.05) is 10.8 Å². The molecular formula is C32H18O. The average molecular weight is 418 g/mol. The van der Waals surface area contributed by atoms with Gasteiger partial charge in [-0.3, -0.25) is 0 Å².